The van der Waals surface area contributed by atoms with Gasteiger partial charge in [-0.1, -0.05) is 11.6 Å². The minimum Gasteiger partial charge on any atom is -0.369 e. The van der Waals surface area contributed by atoms with Gasteiger partial charge in [0.25, 0.3) is 0 Å². The second-order valence-corrected chi connectivity index (χ2v) is 6.46. The van der Waals surface area contributed by atoms with Gasteiger partial charge in [0.1, 0.15) is 10.0 Å². The summed E-state index contributed by atoms with van der Waals surface area (Å²) in [4.78, 5) is 14.2. The summed E-state index contributed by atoms with van der Waals surface area (Å²) in [6.07, 6.45) is 1.37. The van der Waals surface area contributed by atoms with Crippen molar-refractivity contribution in [3.05, 3.63) is 21.9 Å². The summed E-state index contributed by atoms with van der Waals surface area (Å²) in [7, 11) is -2.65. The lowest BCUT2D eigenvalue weighted by atomic mass is 10.5. The highest BCUT2D eigenvalue weighted by Crippen LogP contribution is 2.24. The molecule has 0 saturated carbocycles. The molecular weight excluding hydrogens is 334 g/mol. The Hall–Kier alpha value is -0.700. The number of carbonyl (C=O) groups is 1. The second kappa shape index (κ2) is 5.30. The Bertz CT molecular complexity index is 549. The standard InChI is InChI=1S/C8H9BrClN3O3S/c1-13(4-7(11)14)17(15,16)6-2-5(9)3-12-8(6)10/h2-3H,4H2,1H3,(H2,11,14). The first kappa shape index (κ1) is 14.4. The number of halogens is 2. The summed E-state index contributed by atoms with van der Waals surface area (Å²) < 4.78 is 25.3. The van der Waals surface area contributed by atoms with E-state index in [0.717, 1.165) is 4.31 Å². The summed E-state index contributed by atoms with van der Waals surface area (Å²) in [6.45, 7) is -0.425. The minimum atomic E-state index is -3.88. The molecule has 0 saturated heterocycles. The van der Waals surface area contributed by atoms with E-state index in [1.165, 1.54) is 19.3 Å². The third-order valence-electron chi connectivity index (χ3n) is 1.84. The van der Waals surface area contributed by atoms with E-state index in [9.17, 15) is 13.2 Å². The summed E-state index contributed by atoms with van der Waals surface area (Å²) in [6, 6.07) is 1.31. The van der Waals surface area contributed by atoms with Crippen molar-refractivity contribution in [3.63, 3.8) is 0 Å². The number of aromatic nitrogens is 1. The van der Waals surface area contributed by atoms with Crippen LogP contribution in [-0.4, -0.2) is 37.2 Å². The molecule has 1 aromatic heterocycles. The molecule has 2 N–H and O–H groups in total. The van der Waals surface area contributed by atoms with E-state index in [0.29, 0.717) is 4.47 Å². The lowest BCUT2D eigenvalue weighted by Gasteiger charge is -2.15. The van der Waals surface area contributed by atoms with Gasteiger partial charge in [-0.2, -0.15) is 4.31 Å². The molecule has 94 valence electrons. The molecule has 0 radical (unpaired) electrons. The predicted molar refractivity (Wildman–Crippen MR) is 66.0 cm³/mol. The van der Waals surface area contributed by atoms with Gasteiger partial charge in [-0.05, 0) is 22.0 Å². The zero-order valence-electron chi connectivity index (χ0n) is 8.72. The monoisotopic (exact) mass is 341 g/mol. The normalized spacial score (nSPS) is 11.8. The topological polar surface area (TPSA) is 93.4 Å². The lowest BCUT2D eigenvalue weighted by Crippen LogP contribution is -2.35. The Morgan fingerprint density at radius 2 is 2.24 bits per heavy atom. The molecule has 9 heteroatoms. The average molecular weight is 343 g/mol. The Morgan fingerprint density at radius 1 is 1.65 bits per heavy atom. The predicted octanol–water partition coefficient (Wildman–Crippen LogP) is 0.603. The molecule has 0 unspecified atom stereocenters. The molecule has 1 rings (SSSR count). The van der Waals surface area contributed by atoms with Gasteiger partial charge >= 0.3 is 0 Å². The van der Waals surface area contributed by atoms with Crippen molar-refractivity contribution < 1.29 is 13.2 Å². The van der Waals surface area contributed by atoms with Crippen LogP contribution in [0.5, 0.6) is 0 Å². The van der Waals surface area contributed by atoms with E-state index in [4.69, 9.17) is 17.3 Å². The molecule has 0 aliphatic rings. The molecule has 6 nitrogen and oxygen atoms in total. The van der Waals surface area contributed by atoms with Crippen molar-refractivity contribution in [1.29, 1.82) is 0 Å². The van der Waals surface area contributed by atoms with Crippen molar-refractivity contribution in [1.82, 2.24) is 9.29 Å². The number of sulfonamides is 1. The van der Waals surface area contributed by atoms with Crippen LogP contribution in [0.15, 0.2) is 21.6 Å². The van der Waals surface area contributed by atoms with Crippen LogP contribution in [0.25, 0.3) is 0 Å². The van der Waals surface area contributed by atoms with Crippen molar-refractivity contribution in [3.8, 4) is 0 Å². The molecule has 17 heavy (non-hydrogen) atoms. The van der Waals surface area contributed by atoms with Crippen LogP contribution in [0, 0.1) is 0 Å². The number of hydrogen-bond donors (Lipinski definition) is 1. The maximum absolute atomic E-state index is 12.0. The first-order valence-electron chi connectivity index (χ1n) is 4.31. The molecule has 1 heterocycles. The first-order valence-corrected chi connectivity index (χ1v) is 6.92. The van der Waals surface area contributed by atoms with Crippen molar-refractivity contribution in [2.24, 2.45) is 5.73 Å². The summed E-state index contributed by atoms with van der Waals surface area (Å²) >= 11 is 8.80. The molecule has 0 spiro atoms. The highest BCUT2D eigenvalue weighted by Gasteiger charge is 2.25. The number of likely N-dealkylation sites (N-methyl/N-ethyl adjacent to an activating group) is 1. The first-order chi connectivity index (χ1) is 7.75. The zero-order chi connectivity index (χ0) is 13.2. The smallest absolute Gasteiger partial charge is 0.246 e. The van der Waals surface area contributed by atoms with Crippen LogP contribution >= 0.6 is 27.5 Å². The lowest BCUT2D eigenvalue weighted by molar-refractivity contribution is -0.118. The molecular formula is C8H9BrClN3O3S. The fourth-order valence-electron chi connectivity index (χ4n) is 1.06. The highest BCUT2D eigenvalue weighted by molar-refractivity contribution is 9.10. The third kappa shape index (κ3) is 3.38. The number of hydrogen-bond acceptors (Lipinski definition) is 4. The van der Waals surface area contributed by atoms with Crippen molar-refractivity contribution in [2.75, 3.05) is 13.6 Å². The number of primary amides is 1. The fraction of sp³-hybridized carbons (Fsp3) is 0.250. The van der Waals surface area contributed by atoms with Gasteiger partial charge in [0.05, 0.1) is 6.54 Å². The molecule has 0 aliphatic carbocycles. The molecule has 1 amide bonds. The van der Waals surface area contributed by atoms with Gasteiger partial charge < -0.3 is 5.73 Å². The SMILES string of the molecule is CN(CC(N)=O)S(=O)(=O)c1cc(Br)cnc1Cl. The van der Waals surface area contributed by atoms with E-state index in [2.05, 4.69) is 20.9 Å². The second-order valence-electron chi connectivity index (χ2n) is 3.17. The van der Waals surface area contributed by atoms with Crippen molar-refractivity contribution in [2.45, 2.75) is 4.90 Å². The number of carbonyl (C=O) groups excluding carboxylic acids is 1. The Morgan fingerprint density at radius 3 is 2.76 bits per heavy atom. The maximum Gasteiger partial charge on any atom is 0.246 e. The van der Waals surface area contributed by atoms with Crippen molar-refractivity contribution >= 4 is 43.5 Å². The maximum atomic E-state index is 12.0. The molecule has 0 bridgehead atoms. The quantitative estimate of drug-likeness (QED) is 0.811. The largest absolute Gasteiger partial charge is 0.369 e. The fourth-order valence-corrected chi connectivity index (χ4v) is 3.11. The van der Waals surface area contributed by atoms with Gasteiger partial charge in [0.15, 0.2) is 0 Å². The average Bonchev–Trinajstić information content (AvgIpc) is 2.20. The Labute approximate surface area is 112 Å². The summed E-state index contributed by atoms with van der Waals surface area (Å²) in [5.41, 5.74) is 4.93. The van der Waals surface area contributed by atoms with Crippen LogP contribution in [0.2, 0.25) is 5.15 Å². The van der Waals surface area contributed by atoms with Gasteiger partial charge in [-0.15, -0.1) is 0 Å². The van der Waals surface area contributed by atoms with Crippen LogP contribution in [0.3, 0.4) is 0 Å². The number of nitrogens with two attached hydrogens (primary N) is 1. The van der Waals surface area contributed by atoms with E-state index in [1.807, 2.05) is 0 Å². The van der Waals surface area contributed by atoms with Crippen LogP contribution in [0.4, 0.5) is 0 Å². The molecule has 1 aromatic rings. The van der Waals surface area contributed by atoms with E-state index >= 15 is 0 Å². The number of nitrogens with zero attached hydrogens (tertiary/aromatic N) is 2. The molecule has 0 aliphatic heterocycles. The Balaban J connectivity index is 3.21. The number of pyridine rings is 1. The van der Waals surface area contributed by atoms with Crippen LogP contribution in [-0.2, 0) is 14.8 Å². The third-order valence-corrected chi connectivity index (χ3v) is 4.50. The van der Waals surface area contributed by atoms with Gasteiger partial charge in [0.2, 0.25) is 15.9 Å². The minimum absolute atomic E-state index is 0.162. The van der Waals surface area contributed by atoms with Crippen LogP contribution < -0.4 is 5.73 Å². The van der Waals surface area contributed by atoms with E-state index in [-0.39, 0.29) is 10.0 Å². The van der Waals surface area contributed by atoms with Crippen LogP contribution in [0.1, 0.15) is 0 Å². The highest BCUT2D eigenvalue weighted by atomic mass is 79.9. The van der Waals surface area contributed by atoms with E-state index < -0.39 is 22.5 Å². The summed E-state index contributed by atoms with van der Waals surface area (Å²) in [5, 5.41) is -0.162. The zero-order valence-corrected chi connectivity index (χ0v) is 11.9. The molecule has 0 fully saturated rings. The number of amides is 1. The molecule has 0 atom stereocenters. The van der Waals surface area contributed by atoms with Gasteiger partial charge in [-0.3, -0.25) is 4.79 Å². The summed E-state index contributed by atoms with van der Waals surface area (Å²) in [5.74, 6) is -0.754. The molecule has 0 aromatic carbocycles. The van der Waals surface area contributed by atoms with E-state index in [1.54, 1.807) is 0 Å². The van der Waals surface area contributed by atoms with Gasteiger partial charge in [0, 0.05) is 17.7 Å². The number of rotatable bonds is 4. The Kier molecular flexibility index (Phi) is 4.48. The van der Waals surface area contributed by atoms with Gasteiger partial charge in [-0.25, -0.2) is 13.4 Å².